The molecule has 1 aromatic carbocycles. The summed E-state index contributed by atoms with van der Waals surface area (Å²) < 4.78 is 23.7. The molecule has 1 aromatic rings. The van der Waals surface area contributed by atoms with Crippen LogP contribution < -0.4 is 9.47 Å². The number of hydrogen-bond donors (Lipinski definition) is 1. The lowest BCUT2D eigenvalue weighted by Crippen LogP contribution is -2.00. The van der Waals surface area contributed by atoms with Gasteiger partial charge in [-0.15, -0.1) is 0 Å². The number of carbonyl (C=O) groups is 1. The smallest absolute Gasteiger partial charge is 0.303 e. The SMILES string of the molecule is CC(F)c1cc(CCC(=O)O)c2c(c1)OCO2. The van der Waals surface area contributed by atoms with Crippen molar-refractivity contribution in [3.05, 3.63) is 23.3 Å². The van der Waals surface area contributed by atoms with Gasteiger partial charge in [0.15, 0.2) is 11.5 Å². The molecule has 0 fully saturated rings. The van der Waals surface area contributed by atoms with Crippen molar-refractivity contribution in [3.8, 4) is 11.5 Å². The zero-order chi connectivity index (χ0) is 12.4. The van der Waals surface area contributed by atoms with E-state index in [0.717, 1.165) is 0 Å². The van der Waals surface area contributed by atoms with E-state index in [1.807, 2.05) is 0 Å². The zero-order valence-electron chi connectivity index (χ0n) is 9.40. The molecule has 5 heteroatoms. The quantitative estimate of drug-likeness (QED) is 0.878. The molecule has 1 unspecified atom stereocenters. The first-order valence-corrected chi connectivity index (χ1v) is 5.36. The molecule has 0 radical (unpaired) electrons. The second-order valence-electron chi connectivity index (χ2n) is 3.92. The molecule has 0 saturated carbocycles. The van der Waals surface area contributed by atoms with Gasteiger partial charge in [0.2, 0.25) is 6.79 Å². The first-order valence-electron chi connectivity index (χ1n) is 5.36. The van der Waals surface area contributed by atoms with E-state index in [1.165, 1.54) is 6.92 Å². The number of benzene rings is 1. The van der Waals surface area contributed by atoms with Crippen LogP contribution in [0.1, 0.15) is 30.6 Å². The molecular weight excluding hydrogens is 227 g/mol. The van der Waals surface area contributed by atoms with E-state index in [4.69, 9.17) is 14.6 Å². The molecule has 0 aliphatic carbocycles. The van der Waals surface area contributed by atoms with Gasteiger partial charge in [0.25, 0.3) is 0 Å². The summed E-state index contributed by atoms with van der Waals surface area (Å²) in [5, 5.41) is 8.66. The second-order valence-corrected chi connectivity index (χ2v) is 3.92. The summed E-state index contributed by atoms with van der Waals surface area (Å²) in [6.07, 6.45) is -0.824. The van der Waals surface area contributed by atoms with Crippen molar-refractivity contribution in [1.82, 2.24) is 0 Å². The molecule has 0 amide bonds. The van der Waals surface area contributed by atoms with Gasteiger partial charge in [-0.2, -0.15) is 0 Å². The first-order chi connectivity index (χ1) is 8.08. The van der Waals surface area contributed by atoms with E-state index in [-0.39, 0.29) is 13.2 Å². The molecule has 0 saturated heterocycles. The van der Waals surface area contributed by atoms with Gasteiger partial charge in [-0.1, -0.05) is 0 Å². The predicted octanol–water partition coefficient (Wildman–Crippen LogP) is 2.46. The fraction of sp³-hybridized carbons (Fsp3) is 0.417. The van der Waals surface area contributed by atoms with Crippen LogP contribution in [0.2, 0.25) is 0 Å². The summed E-state index contributed by atoms with van der Waals surface area (Å²) in [5.74, 6) is 0.138. The normalized spacial score (nSPS) is 14.7. The predicted molar refractivity (Wildman–Crippen MR) is 58.0 cm³/mol. The number of rotatable bonds is 4. The van der Waals surface area contributed by atoms with Gasteiger partial charge in [-0.3, -0.25) is 4.79 Å². The number of aliphatic carboxylic acids is 1. The second kappa shape index (κ2) is 4.61. The fourth-order valence-corrected chi connectivity index (χ4v) is 1.76. The van der Waals surface area contributed by atoms with Crippen molar-refractivity contribution in [3.63, 3.8) is 0 Å². The van der Waals surface area contributed by atoms with Crippen LogP contribution in [0.3, 0.4) is 0 Å². The van der Waals surface area contributed by atoms with Crippen molar-refractivity contribution in [2.75, 3.05) is 6.79 Å². The maximum Gasteiger partial charge on any atom is 0.303 e. The Labute approximate surface area is 98.0 Å². The number of hydrogen-bond acceptors (Lipinski definition) is 3. The Kier molecular flexibility index (Phi) is 3.17. The summed E-state index contributed by atoms with van der Waals surface area (Å²) in [6.45, 7) is 1.53. The van der Waals surface area contributed by atoms with Crippen molar-refractivity contribution in [2.24, 2.45) is 0 Å². The van der Waals surface area contributed by atoms with E-state index in [9.17, 15) is 9.18 Å². The van der Waals surface area contributed by atoms with Gasteiger partial charge in [-0.25, -0.2) is 4.39 Å². The van der Waals surface area contributed by atoms with E-state index >= 15 is 0 Å². The third-order valence-corrected chi connectivity index (χ3v) is 2.64. The van der Waals surface area contributed by atoms with Crippen LogP contribution in [0, 0.1) is 0 Å². The van der Waals surface area contributed by atoms with Gasteiger partial charge >= 0.3 is 5.97 Å². The molecule has 0 aromatic heterocycles. The number of alkyl halides is 1. The Morgan fingerprint density at radius 2 is 2.29 bits per heavy atom. The number of ether oxygens (including phenoxy) is 2. The minimum atomic E-state index is -1.12. The van der Waals surface area contributed by atoms with Crippen LogP contribution in [0.5, 0.6) is 11.5 Å². The average molecular weight is 240 g/mol. The number of halogens is 1. The minimum Gasteiger partial charge on any atom is -0.481 e. The molecule has 92 valence electrons. The van der Waals surface area contributed by atoms with Crippen molar-refractivity contribution in [2.45, 2.75) is 25.9 Å². The van der Waals surface area contributed by atoms with Crippen LogP contribution in [-0.4, -0.2) is 17.9 Å². The molecule has 1 atom stereocenters. The van der Waals surface area contributed by atoms with E-state index in [0.29, 0.717) is 29.0 Å². The molecule has 1 heterocycles. The van der Waals surface area contributed by atoms with Crippen molar-refractivity contribution < 1.29 is 23.8 Å². The summed E-state index contributed by atoms with van der Waals surface area (Å²) >= 11 is 0. The topological polar surface area (TPSA) is 55.8 Å². The standard InChI is InChI=1S/C12H13FO4/c1-7(13)9-4-8(2-3-11(14)15)12-10(5-9)16-6-17-12/h4-5,7H,2-3,6H2,1H3,(H,14,15). The third-order valence-electron chi connectivity index (χ3n) is 2.64. The molecule has 1 N–H and O–H groups in total. The Morgan fingerprint density at radius 1 is 1.53 bits per heavy atom. The number of carboxylic acids is 1. The fourth-order valence-electron chi connectivity index (χ4n) is 1.76. The maximum absolute atomic E-state index is 13.3. The lowest BCUT2D eigenvalue weighted by atomic mass is 10.0. The van der Waals surface area contributed by atoms with E-state index in [2.05, 4.69) is 0 Å². The highest BCUT2D eigenvalue weighted by atomic mass is 19.1. The van der Waals surface area contributed by atoms with Crippen LogP contribution in [-0.2, 0) is 11.2 Å². The van der Waals surface area contributed by atoms with E-state index in [1.54, 1.807) is 12.1 Å². The number of aryl methyl sites for hydroxylation is 1. The Morgan fingerprint density at radius 3 is 2.94 bits per heavy atom. The summed E-state index contributed by atoms with van der Waals surface area (Å²) in [7, 11) is 0. The molecule has 1 aliphatic rings. The number of fused-ring (bicyclic) bond motifs is 1. The van der Waals surface area contributed by atoms with E-state index < -0.39 is 12.1 Å². The van der Waals surface area contributed by atoms with Crippen LogP contribution >= 0.6 is 0 Å². The highest BCUT2D eigenvalue weighted by Crippen LogP contribution is 2.39. The van der Waals surface area contributed by atoms with Gasteiger partial charge in [0.05, 0.1) is 0 Å². The summed E-state index contributed by atoms with van der Waals surface area (Å²) in [5.41, 5.74) is 1.16. The number of carboxylic acid groups (broad SMARTS) is 1. The van der Waals surface area contributed by atoms with Crippen molar-refractivity contribution in [1.29, 1.82) is 0 Å². The highest BCUT2D eigenvalue weighted by Gasteiger charge is 2.21. The average Bonchev–Trinajstić information content (AvgIpc) is 2.73. The lowest BCUT2D eigenvalue weighted by molar-refractivity contribution is -0.136. The van der Waals surface area contributed by atoms with Gasteiger partial charge in [0.1, 0.15) is 6.17 Å². The Balaban J connectivity index is 2.32. The first kappa shape index (κ1) is 11.7. The Bertz CT molecular complexity index is 442. The molecule has 2 rings (SSSR count). The van der Waals surface area contributed by atoms with Crippen LogP contribution in [0.4, 0.5) is 4.39 Å². The Hall–Kier alpha value is -1.78. The molecule has 1 aliphatic heterocycles. The van der Waals surface area contributed by atoms with Crippen LogP contribution in [0.15, 0.2) is 12.1 Å². The minimum absolute atomic E-state index is 0.0140. The van der Waals surface area contributed by atoms with Crippen LogP contribution in [0.25, 0.3) is 0 Å². The molecular formula is C12H13FO4. The highest BCUT2D eigenvalue weighted by molar-refractivity contribution is 5.67. The molecule has 0 spiro atoms. The monoisotopic (exact) mass is 240 g/mol. The largest absolute Gasteiger partial charge is 0.481 e. The molecule has 4 nitrogen and oxygen atoms in total. The van der Waals surface area contributed by atoms with Gasteiger partial charge in [-0.05, 0) is 36.6 Å². The van der Waals surface area contributed by atoms with Gasteiger partial charge < -0.3 is 14.6 Å². The lowest BCUT2D eigenvalue weighted by Gasteiger charge is -2.09. The van der Waals surface area contributed by atoms with Gasteiger partial charge in [0, 0.05) is 6.42 Å². The summed E-state index contributed by atoms with van der Waals surface area (Å²) in [6, 6.07) is 3.23. The summed E-state index contributed by atoms with van der Waals surface area (Å²) in [4.78, 5) is 10.5. The maximum atomic E-state index is 13.3. The zero-order valence-corrected chi connectivity index (χ0v) is 9.40. The molecule has 0 bridgehead atoms. The third kappa shape index (κ3) is 2.49. The van der Waals surface area contributed by atoms with Crippen molar-refractivity contribution >= 4 is 5.97 Å². The molecule has 17 heavy (non-hydrogen) atoms.